The lowest BCUT2D eigenvalue weighted by atomic mass is 10.1. The summed E-state index contributed by atoms with van der Waals surface area (Å²) in [5.74, 6) is 0. The van der Waals surface area contributed by atoms with Gasteiger partial charge in [-0.2, -0.15) is 0 Å². The third-order valence-electron chi connectivity index (χ3n) is 2.42. The fraction of sp³-hybridized carbons (Fsp3) is 0.154. The van der Waals surface area contributed by atoms with Crippen LogP contribution in [-0.2, 0) is 4.79 Å². The van der Waals surface area contributed by atoms with Crippen molar-refractivity contribution >= 4 is 22.8 Å². The highest BCUT2D eigenvalue weighted by atomic mass is 16.1. The Hall–Kier alpha value is -2.03. The monoisotopic (exact) mass is 214 g/mol. The van der Waals surface area contributed by atoms with Gasteiger partial charge in [-0.15, -0.1) is 0 Å². The SMILES string of the molecule is CN(C)/C=C(/C=O)c1c[nH]c2ccccc12. The average Bonchev–Trinajstić information content (AvgIpc) is 2.69. The molecule has 0 saturated carbocycles. The Labute approximate surface area is 94.4 Å². The van der Waals surface area contributed by atoms with Crippen molar-refractivity contribution in [2.24, 2.45) is 0 Å². The van der Waals surface area contributed by atoms with E-state index in [1.807, 2.05) is 55.7 Å². The molecule has 0 aliphatic heterocycles. The van der Waals surface area contributed by atoms with Crippen LogP contribution < -0.4 is 0 Å². The molecule has 0 fully saturated rings. The van der Waals surface area contributed by atoms with Crippen molar-refractivity contribution in [1.29, 1.82) is 0 Å². The van der Waals surface area contributed by atoms with Gasteiger partial charge in [-0.05, 0) is 6.07 Å². The lowest BCUT2D eigenvalue weighted by Gasteiger charge is -2.06. The number of aromatic amines is 1. The van der Waals surface area contributed by atoms with Gasteiger partial charge in [-0.1, -0.05) is 18.2 Å². The molecular weight excluding hydrogens is 200 g/mol. The highest BCUT2D eigenvalue weighted by Gasteiger charge is 2.07. The van der Waals surface area contributed by atoms with E-state index >= 15 is 0 Å². The fourth-order valence-corrected chi connectivity index (χ4v) is 1.75. The van der Waals surface area contributed by atoms with Gasteiger partial charge in [0, 0.05) is 48.5 Å². The van der Waals surface area contributed by atoms with Crippen molar-refractivity contribution in [2.45, 2.75) is 0 Å². The Morgan fingerprint density at radius 1 is 1.31 bits per heavy atom. The predicted octanol–water partition coefficient (Wildman–Crippen LogP) is 2.27. The summed E-state index contributed by atoms with van der Waals surface area (Å²) in [5, 5.41) is 1.07. The first-order valence-corrected chi connectivity index (χ1v) is 5.12. The molecule has 0 aliphatic rings. The second-order valence-corrected chi connectivity index (χ2v) is 3.91. The summed E-state index contributed by atoms with van der Waals surface area (Å²) in [7, 11) is 3.80. The first-order valence-electron chi connectivity index (χ1n) is 5.12. The van der Waals surface area contributed by atoms with Crippen LogP contribution in [0, 0.1) is 0 Å². The number of nitrogens with zero attached hydrogens (tertiary/aromatic N) is 1. The van der Waals surface area contributed by atoms with Crippen molar-refractivity contribution in [2.75, 3.05) is 14.1 Å². The van der Waals surface area contributed by atoms with E-state index in [4.69, 9.17) is 0 Å². The molecule has 0 atom stereocenters. The summed E-state index contributed by atoms with van der Waals surface area (Å²) < 4.78 is 0. The topological polar surface area (TPSA) is 36.1 Å². The quantitative estimate of drug-likeness (QED) is 0.628. The van der Waals surface area contributed by atoms with Crippen molar-refractivity contribution in [1.82, 2.24) is 9.88 Å². The van der Waals surface area contributed by atoms with Gasteiger partial charge in [0.05, 0.1) is 0 Å². The molecule has 0 radical (unpaired) electrons. The maximum absolute atomic E-state index is 11.1. The Bertz CT molecular complexity index is 538. The Morgan fingerprint density at radius 3 is 2.75 bits per heavy atom. The van der Waals surface area contributed by atoms with E-state index in [1.54, 1.807) is 0 Å². The van der Waals surface area contributed by atoms with E-state index in [9.17, 15) is 4.79 Å². The first kappa shape index (κ1) is 10.5. The Morgan fingerprint density at radius 2 is 2.06 bits per heavy atom. The second-order valence-electron chi connectivity index (χ2n) is 3.91. The van der Waals surface area contributed by atoms with Crippen LogP contribution in [0.15, 0.2) is 36.7 Å². The lowest BCUT2D eigenvalue weighted by molar-refractivity contribution is -0.103. The fourth-order valence-electron chi connectivity index (χ4n) is 1.75. The van der Waals surface area contributed by atoms with Crippen molar-refractivity contribution in [3.63, 3.8) is 0 Å². The summed E-state index contributed by atoms with van der Waals surface area (Å²) in [4.78, 5) is 16.1. The zero-order valence-electron chi connectivity index (χ0n) is 9.40. The van der Waals surface area contributed by atoms with Crippen molar-refractivity contribution in [3.8, 4) is 0 Å². The molecule has 2 aromatic rings. The number of para-hydroxylation sites is 1. The molecule has 1 aromatic heterocycles. The number of H-pyrrole nitrogens is 1. The summed E-state index contributed by atoms with van der Waals surface area (Å²) in [6.07, 6.45) is 4.58. The van der Waals surface area contributed by atoms with Crippen molar-refractivity contribution in [3.05, 3.63) is 42.2 Å². The molecule has 0 spiro atoms. The van der Waals surface area contributed by atoms with Crippen molar-refractivity contribution < 1.29 is 4.79 Å². The summed E-state index contributed by atoms with van der Waals surface area (Å²) in [5.41, 5.74) is 2.67. The standard InChI is InChI=1S/C13H14N2O/c1-15(2)8-10(9-16)12-7-14-13-6-4-3-5-11(12)13/h3-9,14H,1-2H3/b10-8-. The second kappa shape index (κ2) is 4.23. The van der Waals surface area contributed by atoms with Gasteiger partial charge in [0.25, 0.3) is 0 Å². The minimum atomic E-state index is 0.683. The molecule has 0 bridgehead atoms. The minimum Gasteiger partial charge on any atom is -0.383 e. The molecule has 0 amide bonds. The zero-order valence-corrected chi connectivity index (χ0v) is 9.40. The molecule has 2 rings (SSSR count). The minimum absolute atomic E-state index is 0.683. The third-order valence-corrected chi connectivity index (χ3v) is 2.42. The zero-order chi connectivity index (χ0) is 11.5. The molecule has 1 heterocycles. The summed E-state index contributed by atoms with van der Waals surface area (Å²) in [6, 6.07) is 7.95. The number of aldehydes is 1. The van der Waals surface area contributed by atoms with Crippen LogP contribution in [0.2, 0.25) is 0 Å². The largest absolute Gasteiger partial charge is 0.383 e. The van der Waals surface area contributed by atoms with Crippen LogP contribution >= 0.6 is 0 Å². The third kappa shape index (κ3) is 1.84. The van der Waals surface area contributed by atoms with Gasteiger partial charge in [0.2, 0.25) is 0 Å². The van der Waals surface area contributed by atoms with Crippen LogP contribution in [0.3, 0.4) is 0 Å². The number of benzene rings is 1. The van der Waals surface area contributed by atoms with Gasteiger partial charge in [-0.25, -0.2) is 0 Å². The summed E-state index contributed by atoms with van der Waals surface area (Å²) >= 11 is 0. The smallest absolute Gasteiger partial charge is 0.152 e. The number of nitrogens with one attached hydrogen (secondary N) is 1. The molecule has 1 N–H and O–H groups in total. The number of hydrogen-bond donors (Lipinski definition) is 1. The lowest BCUT2D eigenvalue weighted by Crippen LogP contribution is -2.03. The van der Waals surface area contributed by atoms with E-state index < -0.39 is 0 Å². The number of fused-ring (bicyclic) bond motifs is 1. The number of allylic oxidation sites excluding steroid dienone is 1. The molecule has 1 aromatic carbocycles. The summed E-state index contributed by atoms with van der Waals surface area (Å²) in [6.45, 7) is 0. The molecule has 3 nitrogen and oxygen atoms in total. The number of aromatic nitrogens is 1. The van der Waals surface area contributed by atoms with Crippen LogP contribution in [0.25, 0.3) is 16.5 Å². The van der Waals surface area contributed by atoms with Crippen LogP contribution in [0.5, 0.6) is 0 Å². The van der Waals surface area contributed by atoms with E-state index in [-0.39, 0.29) is 0 Å². The van der Waals surface area contributed by atoms with Crippen LogP contribution in [-0.4, -0.2) is 30.3 Å². The maximum Gasteiger partial charge on any atom is 0.152 e. The van der Waals surface area contributed by atoms with Gasteiger partial charge >= 0.3 is 0 Å². The molecule has 82 valence electrons. The van der Waals surface area contributed by atoms with Crippen LogP contribution in [0.4, 0.5) is 0 Å². The highest BCUT2D eigenvalue weighted by Crippen LogP contribution is 2.23. The molecule has 0 saturated heterocycles. The highest BCUT2D eigenvalue weighted by molar-refractivity contribution is 6.12. The molecule has 0 aliphatic carbocycles. The molecule has 0 unspecified atom stereocenters. The number of carbonyl (C=O) groups is 1. The van der Waals surface area contributed by atoms with Gasteiger partial charge in [0.1, 0.15) is 0 Å². The first-order chi connectivity index (χ1) is 7.72. The maximum atomic E-state index is 11.1. The van der Waals surface area contributed by atoms with E-state index in [1.165, 1.54) is 0 Å². The Balaban J connectivity index is 2.58. The van der Waals surface area contributed by atoms with Crippen LogP contribution in [0.1, 0.15) is 5.56 Å². The number of carbonyl (C=O) groups excluding carboxylic acids is 1. The van der Waals surface area contributed by atoms with Gasteiger partial charge in [-0.3, -0.25) is 4.79 Å². The van der Waals surface area contributed by atoms with E-state index in [2.05, 4.69) is 4.98 Å². The van der Waals surface area contributed by atoms with E-state index in [0.717, 1.165) is 22.8 Å². The van der Waals surface area contributed by atoms with E-state index in [0.29, 0.717) is 5.57 Å². The number of rotatable bonds is 3. The molecule has 16 heavy (non-hydrogen) atoms. The Kier molecular flexibility index (Phi) is 2.77. The average molecular weight is 214 g/mol. The van der Waals surface area contributed by atoms with Gasteiger partial charge < -0.3 is 9.88 Å². The molecular formula is C13H14N2O. The molecule has 3 heteroatoms. The normalized spacial score (nSPS) is 11.8. The predicted molar refractivity (Wildman–Crippen MR) is 66.0 cm³/mol. The number of hydrogen-bond acceptors (Lipinski definition) is 2. The van der Waals surface area contributed by atoms with Gasteiger partial charge in [0.15, 0.2) is 6.29 Å².